The quantitative estimate of drug-likeness (QED) is 0.409. The van der Waals surface area contributed by atoms with Crippen LogP contribution in [0.2, 0.25) is 4.47 Å². The summed E-state index contributed by atoms with van der Waals surface area (Å²) in [7, 11) is 0. The molecule has 0 bridgehead atoms. The van der Waals surface area contributed by atoms with Crippen molar-refractivity contribution in [1.82, 2.24) is 0 Å². The first-order valence-electron chi connectivity index (χ1n) is 6.85. The number of rotatable bonds is 6. The molecule has 0 aromatic heterocycles. The second-order valence-electron chi connectivity index (χ2n) is 4.45. The zero-order chi connectivity index (χ0) is 13.1. The molecule has 0 N–H and O–H groups in total. The molecule has 1 saturated heterocycles. The van der Waals surface area contributed by atoms with Crippen molar-refractivity contribution in [3.05, 3.63) is 11.6 Å². The van der Waals surface area contributed by atoms with E-state index in [1.54, 1.807) is 0 Å². The van der Waals surface area contributed by atoms with Crippen LogP contribution < -0.4 is 0 Å². The Bertz CT molecular complexity index is 295. The molecule has 18 heavy (non-hydrogen) atoms. The summed E-state index contributed by atoms with van der Waals surface area (Å²) in [6, 6.07) is 0. The van der Waals surface area contributed by atoms with Gasteiger partial charge in [0.15, 0.2) is 0 Å². The standard InChI is InChI=1S/C15H24O2Te/c1-3-4-12-18-13-9-14(2)8-11-17-15-7-5-6-10-16-15/h8,15H,3-7,10-12H2,1-2H3/b14-8+. The van der Waals surface area contributed by atoms with Crippen LogP contribution in [0.3, 0.4) is 0 Å². The Hall–Kier alpha value is 0.00961. The van der Waals surface area contributed by atoms with Crippen molar-refractivity contribution >= 4 is 20.9 Å². The average Bonchev–Trinajstić information content (AvgIpc) is 2.40. The van der Waals surface area contributed by atoms with Gasteiger partial charge in [0.2, 0.25) is 0 Å². The van der Waals surface area contributed by atoms with Gasteiger partial charge in [0.1, 0.15) is 0 Å². The summed E-state index contributed by atoms with van der Waals surface area (Å²) in [5.74, 6) is 3.23. The fourth-order valence-corrected chi connectivity index (χ4v) is 3.75. The summed E-state index contributed by atoms with van der Waals surface area (Å²) in [6.07, 6.45) is 8.12. The second kappa shape index (κ2) is 10.9. The van der Waals surface area contributed by atoms with Gasteiger partial charge in [-0.1, -0.05) is 0 Å². The number of allylic oxidation sites excluding steroid dienone is 1. The van der Waals surface area contributed by atoms with E-state index in [4.69, 9.17) is 9.47 Å². The van der Waals surface area contributed by atoms with Crippen LogP contribution in [0.5, 0.6) is 0 Å². The Morgan fingerprint density at radius 3 is 3.11 bits per heavy atom. The molecule has 3 heteroatoms. The van der Waals surface area contributed by atoms with Gasteiger partial charge >= 0.3 is 122 Å². The molecule has 0 aliphatic carbocycles. The third-order valence-electron chi connectivity index (χ3n) is 2.73. The molecule has 1 unspecified atom stereocenters. The molecule has 1 atom stereocenters. The number of ether oxygens (including phenoxy) is 2. The molecule has 0 spiro atoms. The van der Waals surface area contributed by atoms with Crippen molar-refractivity contribution in [2.24, 2.45) is 0 Å². The van der Waals surface area contributed by atoms with Gasteiger partial charge in [0, 0.05) is 0 Å². The molecule has 0 aromatic rings. The topological polar surface area (TPSA) is 18.5 Å². The molecule has 0 amide bonds. The summed E-state index contributed by atoms with van der Waals surface area (Å²) in [6.45, 7) is 5.76. The fourth-order valence-electron chi connectivity index (χ4n) is 1.56. The van der Waals surface area contributed by atoms with Crippen LogP contribution in [-0.4, -0.2) is 40.4 Å². The van der Waals surface area contributed by atoms with Crippen LogP contribution in [0.25, 0.3) is 0 Å². The van der Waals surface area contributed by atoms with Crippen LogP contribution in [-0.2, 0) is 9.47 Å². The number of hydrogen-bond acceptors (Lipinski definition) is 2. The molecule has 1 rings (SSSR count). The zero-order valence-corrected chi connectivity index (χ0v) is 13.9. The van der Waals surface area contributed by atoms with Crippen molar-refractivity contribution < 1.29 is 9.47 Å². The van der Waals surface area contributed by atoms with E-state index < -0.39 is 0 Å². The van der Waals surface area contributed by atoms with E-state index >= 15 is 0 Å². The Labute approximate surface area is 122 Å². The molecule has 102 valence electrons. The van der Waals surface area contributed by atoms with Crippen LogP contribution in [0.1, 0.15) is 46.0 Å². The minimum absolute atomic E-state index is 0.00842. The van der Waals surface area contributed by atoms with E-state index in [1.165, 1.54) is 30.2 Å². The van der Waals surface area contributed by atoms with Crippen molar-refractivity contribution in [2.75, 3.05) is 13.2 Å². The van der Waals surface area contributed by atoms with Crippen molar-refractivity contribution in [3.8, 4) is 9.89 Å². The fraction of sp³-hybridized carbons (Fsp3) is 0.733. The predicted molar refractivity (Wildman–Crippen MR) is 76.5 cm³/mol. The summed E-state index contributed by atoms with van der Waals surface area (Å²) in [4.78, 5) is 0. The van der Waals surface area contributed by atoms with E-state index in [1.807, 2.05) is 0 Å². The molecular formula is C15H24O2Te. The van der Waals surface area contributed by atoms with Gasteiger partial charge in [-0.3, -0.25) is 0 Å². The van der Waals surface area contributed by atoms with Crippen LogP contribution in [0, 0.1) is 9.89 Å². The second-order valence-corrected chi connectivity index (χ2v) is 7.02. The molecule has 0 radical (unpaired) electrons. The third kappa shape index (κ3) is 8.17. The average molecular weight is 364 g/mol. The van der Waals surface area contributed by atoms with Gasteiger partial charge in [-0.2, -0.15) is 0 Å². The first kappa shape index (κ1) is 16.1. The monoisotopic (exact) mass is 366 g/mol. The Kier molecular flexibility index (Phi) is 9.72. The van der Waals surface area contributed by atoms with Gasteiger partial charge in [0.25, 0.3) is 0 Å². The molecular weight excluding hydrogens is 340 g/mol. The van der Waals surface area contributed by atoms with Crippen molar-refractivity contribution in [2.45, 2.75) is 56.7 Å². The minimum atomic E-state index is -0.0781. The Morgan fingerprint density at radius 2 is 2.39 bits per heavy atom. The third-order valence-corrected chi connectivity index (χ3v) is 4.84. The first-order chi connectivity index (χ1) is 8.83. The van der Waals surface area contributed by atoms with Crippen LogP contribution in [0.15, 0.2) is 11.6 Å². The Balaban J connectivity index is 2.12. The van der Waals surface area contributed by atoms with Crippen LogP contribution >= 0.6 is 0 Å². The van der Waals surface area contributed by atoms with E-state index in [0.29, 0.717) is 6.61 Å². The maximum absolute atomic E-state index is 5.64. The molecule has 1 aliphatic heterocycles. The zero-order valence-electron chi connectivity index (χ0n) is 11.5. The molecule has 1 heterocycles. The maximum atomic E-state index is 5.64. The van der Waals surface area contributed by atoms with Crippen LogP contribution in [0.4, 0.5) is 0 Å². The summed E-state index contributed by atoms with van der Waals surface area (Å²) in [5.41, 5.74) is 1.13. The molecule has 0 saturated carbocycles. The summed E-state index contributed by atoms with van der Waals surface area (Å²) < 4.78 is 15.8. The van der Waals surface area contributed by atoms with E-state index in [0.717, 1.165) is 18.6 Å². The first-order valence-corrected chi connectivity index (χ1v) is 9.67. The number of hydrogen-bond donors (Lipinski definition) is 0. The summed E-state index contributed by atoms with van der Waals surface area (Å²) in [5, 5.41) is 0. The van der Waals surface area contributed by atoms with E-state index in [9.17, 15) is 0 Å². The van der Waals surface area contributed by atoms with Gasteiger partial charge in [-0.05, 0) is 0 Å². The van der Waals surface area contributed by atoms with Gasteiger partial charge < -0.3 is 0 Å². The van der Waals surface area contributed by atoms with Gasteiger partial charge in [-0.25, -0.2) is 0 Å². The van der Waals surface area contributed by atoms with Gasteiger partial charge in [-0.15, -0.1) is 0 Å². The Morgan fingerprint density at radius 1 is 1.50 bits per heavy atom. The predicted octanol–water partition coefficient (Wildman–Crippen LogP) is 3.36. The SMILES string of the molecule is CCCC[Te]C#C/C(C)=C/COC1CCCCO1. The molecule has 1 aliphatic rings. The van der Waals surface area contributed by atoms with E-state index in [-0.39, 0.29) is 27.2 Å². The van der Waals surface area contributed by atoms with Gasteiger partial charge in [0.05, 0.1) is 0 Å². The number of unbranched alkanes of at least 4 members (excludes halogenated alkanes) is 1. The normalized spacial score (nSPS) is 20.3. The molecule has 2 nitrogen and oxygen atoms in total. The summed E-state index contributed by atoms with van der Waals surface area (Å²) >= 11 is -0.0781. The molecule has 0 aromatic carbocycles. The van der Waals surface area contributed by atoms with Crippen molar-refractivity contribution in [1.29, 1.82) is 0 Å². The van der Waals surface area contributed by atoms with Crippen molar-refractivity contribution in [3.63, 3.8) is 0 Å². The molecule has 1 fully saturated rings. The van der Waals surface area contributed by atoms with E-state index in [2.05, 4.69) is 29.8 Å².